The predicted octanol–water partition coefficient (Wildman–Crippen LogP) is 1.33. The Kier molecular flexibility index (Phi) is 2.56. The summed E-state index contributed by atoms with van der Waals surface area (Å²) in [5.74, 6) is -0.736. The Morgan fingerprint density at radius 3 is 3.07 bits per heavy atom. The van der Waals surface area contributed by atoms with Crippen LogP contribution in [0.3, 0.4) is 0 Å². The topological polar surface area (TPSA) is 49.3 Å². The Bertz CT molecular complexity index is 370. The number of hydrogen-bond donors (Lipinski definition) is 2. The van der Waals surface area contributed by atoms with Gasteiger partial charge in [0, 0.05) is 22.8 Å². The summed E-state index contributed by atoms with van der Waals surface area (Å²) in [5, 5.41) is 12.1. The zero-order chi connectivity index (χ0) is 10.1. The van der Waals surface area contributed by atoms with Gasteiger partial charge in [0.25, 0.3) is 0 Å². The van der Waals surface area contributed by atoms with Crippen molar-refractivity contribution in [1.82, 2.24) is 5.32 Å². The summed E-state index contributed by atoms with van der Waals surface area (Å²) in [4.78, 5) is 13.0. The molecule has 1 aromatic rings. The van der Waals surface area contributed by atoms with E-state index in [1.807, 2.05) is 6.92 Å². The van der Waals surface area contributed by atoms with Crippen LogP contribution in [0.5, 0.6) is 0 Å². The van der Waals surface area contributed by atoms with Crippen molar-refractivity contribution in [3.8, 4) is 0 Å². The van der Waals surface area contributed by atoms with Crippen molar-refractivity contribution in [1.29, 1.82) is 0 Å². The van der Waals surface area contributed by atoms with Gasteiger partial charge < -0.3 is 10.4 Å². The largest absolute Gasteiger partial charge is 0.481 e. The van der Waals surface area contributed by atoms with Crippen molar-refractivity contribution in [2.24, 2.45) is 0 Å². The molecule has 2 N–H and O–H groups in total. The molecule has 2 rings (SSSR count). The first-order valence-electron chi connectivity index (χ1n) is 4.71. The first-order valence-corrected chi connectivity index (χ1v) is 5.52. The quantitative estimate of drug-likeness (QED) is 0.776. The number of fused-ring (bicyclic) bond motifs is 1. The van der Waals surface area contributed by atoms with Crippen LogP contribution >= 0.6 is 11.3 Å². The summed E-state index contributed by atoms with van der Waals surface area (Å²) in [7, 11) is 0. The minimum Gasteiger partial charge on any atom is -0.481 e. The number of nitrogens with one attached hydrogen (secondary N) is 1. The van der Waals surface area contributed by atoms with Gasteiger partial charge >= 0.3 is 5.97 Å². The third kappa shape index (κ3) is 1.67. The second-order valence-electron chi connectivity index (χ2n) is 3.55. The lowest BCUT2D eigenvalue weighted by molar-refractivity contribution is -0.136. The van der Waals surface area contributed by atoms with E-state index in [0.717, 1.165) is 24.4 Å². The second kappa shape index (κ2) is 3.71. The fourth-order valence-electron chi connectivity index (χ4n) is 1.82. The molecule has 0 radical (unpaired) electrons. The zero-order valence-electron chi connectivity index (χ0n) is 8.09. The van der Waals surface area contributed by atoms with Gasteiger partial charge in [0.1, 0.15) is 0 Å². The number of rotatable bonds is 2. The molecule has 0 saturated carbocycles. The molecule has 0 atom stereocenters. The van der Waals surface area contributed by atoms with Crippen LogP contribution in [0.15, 0.2) is 0 Å². The first kappa shape index (κ1) is 9.68. The van der Waals surface area contributed by atoms with Crippen LogP contribution in [0.4, 0.5) is 0 Å². The Morgan fingerprint density at radius 2 is 2.43 bits per heavy atom. The Hall–Kier alpha value is -0.870. The molecule has 3 nitrogen and oxygen atoms in total. The summed E-state index contributed by atoms with van der Waals surface area (Å²) in [6.45, 7) is 3.94. The standard InChI is InChI=1S/C10H13NO2S/c1-6-7-5-11-3-2-8(7)14-9(6)4-10(12)13/h11H,2-5H2,1H3,(H,12,13). The van der Waals surface area contributed by atoms with Gasteiger partial charge in [-0.25, -0.2) is 0 Å². The van der Waals surface area contributed by atoms with E-state index >= 15 is 0 Å². The molecule has 1 aromatic heterocycles. The van der Waals surface area contributed by atoms with Crippen molar-refractivity contribution >= 4 is 17.3 Å². The highest BCUT2D eigenvalue weighted by Crippen LogP contribution is 2.30. The lowest BCUT2D eigenvalue weighted by Crippen LogP contribution is -2.22. The summed E-state index contributed by atoms with van der Waals surface area (Å²) >= 11 is 1.67. The normalized spacial score (nSPS) is 15.2. The molecule has 1 aliphatic rings. The van der Waals surface area contributed by atoms with E-state index in [-0.39, 0.29) is 6.42 Å². The van der Waals surface area contributed by atoms with Crippen LogP contribution in [0.2, 0.25) is 0 Å². The maximum atomic E-state index is 10.6. The van der Waals surface area contributed by atoms with E-state index < -0.39 is 5.97 Å². The number of aliphatic carboxylic acids is 1. The van der Waals surface area contributed by atoms with Gasteiger partial charge in [-0.05, 0) is 24.5 Å². The first-order chi connectivity index (χ1) is 6.68. The lowest BCUT2D eigenvalue weighted by Gasteiger charge is -2.12. The van der Waals surface area contributed by atoms with Crippen LogP contribution in [0.25, 0.3) is 0 Å². The van der Waals surface area contributed by atoms with E-state index in [4.69, 9.17) is 5.11 Å². The fourth-order valence-corrected chi connectivity index (χ4v) is 3.14. The van der Waals surface area contributed by atoms with E-state index in [2.05, 4.69) is 5.32 Å². The van der Waals surface area contributed by atoms with Gasteiger partial charge in [-0.2, -0.15) is 0 Å². The monoisotopic (exact) mass is 211 g/mol. The molecule has 0 saturated heterocycles. The van der Waals surface area contributed by atoms with Crippen LogP contribution in [-0.2, 0) is 24.2 Å². The van der Waals surface area contributed by atoms with Crippen molar-refractivity contribution in [3.63, 3.8) is 0 Å². The Morgan fingerprint density at radius 1 is 1.64 bits per heavy atom. The maximum absolute atomic E-state index is 10.6. The number of thiophene rings is 1. The average Bonchev–Trinajstić information content (AvgIpc) is 2.44. The van der Waals surface area contributed by atoms with Gasteiger partial charge in [-0.3, -0.25) is 4.79 Å². The zero-order valence-corrected chi connectivity index (χ0v) is 8.91. The Balaban J connectivity index is 2.33. The highest BCUT2D eigenvalue weighted by Gasteiger charge is 2.18. The van der Waals surface area contributed by atoms with Gasteiger partial charge in [0.15, 0.2) is 0 Å². The van der Waals surface area contributed by atoms with E-state index in [0.29, 0.717) is 0 Å². The number of carbonyl (C=O) groups is 1. The van der Waals surface area contributed by atoms with Crippen molar-refractivity contribution < 1.29 is 9.90 Å². The van der Waals surface area contributed by atoms with E-state index in [1.165, 1.54) is 16.0 Å². The average molecular weight is 211 g/mol. The number of hydrogen-bond acceptors (Lipinski definition) is 3. The summed E-state index contributed by atoms with van der Waals surface area (Å²) < 4.78 is 0. The highest BCUT2D eigenvalue weighted by molar-refractivity contribution is 7.12. The summed E-state index contributed by atoms with van der Waals surface area (Å²) in [6, 6.07) is 0. The Labute approximate surface area is 86.8 Å². The fraction of sp³-hybridized carbons (Fsp3) is 0.500. The molecule has 0 unspecified atom stereocenters. The molecule has 1 aliphatic heterocycles. The predicted molar refractivity (Wildman–Crippen MR) is 55.8 cm³/mol. The summed E-state index contributed by atoms with van der Waals surface area (Å²) in [6.07, 6.45) is 1.21. The molecule has 4 heteroatoms. The molecule has 0 bridgehead atoms. The SMILES string of the molecule is Cc1c(CC(=O)O)sc2c1CNCC2. The molecule has 0 aromatic carbocycles. The molecule has 0 aliphatic carbocycles. The van der Waals surface area contributed by atoms with E-state index in [9.17, 15) is 4.79 Å². The molecule has 76 valence electrons. The van der Waals surface area contributed by atoms with Crippen LogP contribution in [0, 0.1) is 6.92 Å². The molecule has 0 fully saturated rings. The molecular formula is C10H13NO2S. The minimum absolute atomic E-state index is 0.170. The van der Waals surface area contributed by atoms with Crippen LogP contribution < -0.4 is 5.32 Å². The van der Waals surface area contributed by atoms with Crippen LogP contribution in [0.1, 0.15) is 20.9 Å². The van der Waals surface area contributed by atoms with Crippen LogP contribution in [-0.4, -0.2) is 17.6 Å². The van der Waals surface area contributed by atoms with Crippen molar-refractivity contribution in [2.45, 2.75) is 26.3 Å². The second-order valence-corrected chi connectivity index (χ2v) is 4.74. The third-order valence-electron chi connectivity index (χ3n) is 2.60. The number of carboxylic acid groups (broad SMARTS) is 1. The van der Waals surface area contributed by atoms with Gasteiger partial charge in [0.2, 0.25) is 0 Å². The number of carboxylic acids is 1. The maximum Gasteiger partial charge on any atom is 0.308 e. The van der Waals surface area contributed by atoms with E-state index in [1.54, 1.807) is 11.3 Å². The van der Waals surface area contributed by atoms with Gasteiger partial charge in [0.05, 0.1) is 6.42 Å². The lowest BCUT2D eigenvalue weighted by atomic mass is 10.0. The van der Waals surface area contributed by atoms with Crippen molar-refractivity contribution in [3.05, 3.63) is 20.9 Å². The van der Waals surface area contributed by atoms with Gasteiger partial charge in [-0.15, -0.1) is 11.3 Å². The van der Waals surface area contributed by atoms with Gasteiger partial charge in [-0.1, -0.05) is 0 Å². The highest BCUT2D eigenvalue weighted by atomic mass is 32.1. The smallest absolute Gasteiger partial charge is 0.308 e. The molecule has 14 heavy (non-hydrogen) atoms. The molecule has 0 amide bonds. The molecular weight excluding hydrogens is 198 g/mol. The molecule has 0 spiro atoms. The summed E-state index contributed by atoms with van der Waals surface area (Å²) in [5.41, 5.74) is 2.51. The molecule has 2 heterocycles. The third-order valence-corrected chi connectivity index (χ3v) is 3.99. The minimum atomic E-state index is -0.736. The van der Waals surface area contributed by atoms with Crippen molar-refractivity contribution in [2.75, 3.05) is 6.54 Å².